The fraction of sp³-hybridized carbons (Fsp3) is 0.348. The van der Waals surface area contributed by atoms with Gasteiger partial charge in [0, 0.05) is 9.52 Å². The van der Waals surface area contributed by atoms with Crippen molar-refractivity contribution < 1.29 is 20.8 Å². The summed E-state index contributed by atoms with van der Waals surface area (Å²) < 4.78 is 0. The normalized spacial score (nSPS) is 10.7. The maximum absolute atomic E-state index is 4.93. The van der Waals surface area contributed by atoms with Crippen LogP contribution < -0.4 is 0 Å². The molecule has 0 saturated heterocycles. The van der Waals surface area contributed by atoms with Crippen molar-refractivity contribution in [3.8, 4) is 22.3 Å². The topological polar surface area (TPSA) is 0 Å². The van der Waals surface area contributed by atoms with Gasteiger partial charge >= 0.3 is 37.9 Å². The average Bonchev–Trinajstić information content (AvgIpc) is 3.68. The summed E-state index contributed by atoms with van der Waals surface area (Å²) in [6.45, 7) is 26.7. The Labute approximate surface area is 325 Å². The first-order valence-electron chi connectivity index (χ1n) is 18.0. The van der Waals surface area contributed by atoms with Crippen molar-refractivity contribution in [1.82, 2.24) is 0 Å². The van der Waals surface area contributed by atoms with Crippen LogP contribution in [0.15, 0.2) is 84.9 Å². The van der Waals surface area contributed by atoms with Gasteiger partial charge in [-0.15, -0.1) is 69.1 Å². The minimum absolute atomic E-state index is 0.528. The molecule has 0 unspecified atom stereocenters. The summed E-state index contributed by atoms with van der Waals surface area (Å²) in [6, 6.07) is 32.5. The van der Waals surface area contributed by atoms with E-state index in [-0.39, 0.29) is 0 Å². The van der Waals surface area contributed by atoms with Crippen LogP contribution in [0.1, 0.15) is 97.9 Å². The van der Waals surface area contributed by atoms with Crippen molar-refractivity contribution in [2.24, 2.45) is 0 Å². The third-order valence-electron chi connectivity index (χ3n) is 9.05. The number of hydrogen-bond donors (Lipinski definition) is 0. The van der Waals surface area contributed by atoms with E-state index in [4.69, 9.17) is 17.0 Å². The molecule has 50 heavy (non-hydrogen) atoms. The van der Waals surface area contributed by atoms with Gasteiger partial charge in [-0.2, -0.15) is 12.1 Å². The van der Waals surface area contributed by atoms with Crippen molar-refractivity contribution in [3.05, 3.63) is 129 Å². The second-order valence-electron chi connectivity index (χ2n) is 14.1. The first-order chi connectivity index (χ1) is 23.8. The monoisotopic (exact) mass is 796 g/mol. The van der Waals surface area contributed by atoms with Crippen molar-refractivity contribution in [2.75, 3.05) is 0 Å². The first-order valence-corrected chi connectivity index (χ1v) is 26.3. The van der Waals surface area contributed by atoms with Crippen molar-refractivity contribution in [2.45, 2.75) is 107 Å². The van der Waals surface area contributed by atoms with Gasteiger partial charge in [-0.1, -0.05) is 136 Å². The number of aryl methyl sites for hydroxylation is 6. The number of benzene rings is 4. The molecule has 0 atom stereocenters. The van der Waals surface area contributed by atoms with Gasteiger partial charge in [-0.3, -0.25) is 0 Å². The Morgan fingerprint density at radius 1 is 0.560 bits per heavy atom. The van der Waals surface area contributed by atoms with E-state index in [1.807, 2.05) is 0 Å². The van der Waals surface area contributed by atoms with Gasteiger partial charge in [0.15, 0.2) is 0 Å². The van der Waals surface area contributed by atoms with E-state index in [1.165, 1.54) is 88.3 Å². The number of rotatable bonds is 6. The Morgan fingerprint density at radius 3 is 1.12 bits per heavy atom. The summed E-state index contributed by atoms with van der Waals surface area (Å²) in [5, 5.41) is 5.56. The SMILES string of the molecule is CCc1cc2c(-c3cc(C)cc(C)c3)c(C(C)C)ccc2[cH-]1.CCc1cc2c(-c3cc(C)cc(C)c3)c(C(C)C)ccc2[cH-]1.C[Si]C.[Cl][Zr+2][Cl]. The molecule has 262 valence electrons. The Kier molecular flexibility index (Phi) is 17.0. The van der Waals surface area contributed by atoms with E-state index in [2.05, 4.69) is 167 Å². The fourth-order valence-corrected chi connectivity index (χ4v) is 6.97. The molecule has 0 aliphatic heterocycles. The van der Waals surface area contributed by atoms with Gasteiger partial charge in [0.1, 0.15) is 0 Å². The Bertz CT molecular complexity index is 1790. The van der Waals surface area contributed by atoms with E-state index < -0.39 is 20.8 Å². The summed E-state index contributed by atoms with van der Waals surface area (Å²) in [7, 11) is 11.0. The molecule has 4 heteroatoms. The number of fused-ring (bicyclic) bond motifs is 2. The number of halogens is 2. The first kappa shape index (κ1) is 42.2. The third-order valence-corrected chi connectivity index (χ3v) is 9.05. The zero-order valence-corrected chi connectivity index (χ0v) is 37.4. The molecule has 0 aromatic heterocycles. The van der Waals surface area contributed by atoms with Gasteiger partial charge in [0.25, 0.3) is 0 Å². The molecule has 0 heterocycles. The van der Waals surface area contributed by atoms with Crippen LogP contribution in [0.4, 0.5) is 0 Å². The van der Waals surface area contributed by atoms with Gasteiger partial charge in [0.05, 0.1) is 0 Å². The minimum atomic E-state index is -0.826. The molecular formula is C46H56Cl2SiZr. The van der Waals surface area contributed by atoms with E-state index >= 15 is 0 Å². The van der Waals surface area contributed by atoms with Crippen LogP contribution in [0.3, 0.4) is 0 Å². The van der Waals surface area contributed by atoms with Crippen LogP contribution in [0.25, 0.3) is 43.8 Å². The van der Waals surface area contributed by atoms with E-state index in [0.29, 0.717) is 11.8 Å². The molecule has 0 aliphatic carbocycles. The fourth-order valence-electron chi connectivity index (χ4n) is 6.97. The summed E-state index contributed by atoms with van der Waals surface area (Å²) in [6.07, 6.45) is 2.19. The molecule has 0 bridgehead atoms. The van der Waals surface area contributed by atoms with Gasteiger partial charge in [-0.25, -0.2) is 0 Å². The molecule has 0 N–H and O–H groups in total. The molecule has 0 aliphatic rings. The van der Waals surface area contributed by atoms with Crippen LogP contribution in [0, 0.1) is 27.7 Å². The van der Waals surface area contributed by atoms with Gasteiger partial charge < -0.3 is 0 Å². The molecule has 6 aromatic carbocycles. The summed E-state index contributed by atoms with van der Waals surface area (Å²) in [5.74, 6) is 1.06. The van der Waals surface area contributed by atoms with Crippen molar-refractivity contribution in [1.29, 1.82) is 0 Å². The molecule has 6 rings (SSSR count). The quantitative estimate of drug-likeness (QED) is 0.116. The van der Waals surface area contributed by atoms with E-state index in [9.17, 15) is 0 Å². The van der Waals surface area contributed by atoms with Crippen molar-refractivity contribution >= 4 is 48.1 Å². The Balaban J connectivity index is 0.000000234. The van der Waals surface area contributed by atoms with Crippen LogP contribution in [-0.4, -0.2) is 9.52 Å². The summed E-state index contributed by atoms with van der Waals surface area (Å²) in [5.41, 5.74) is 16.7. The number of hydrogen-bond acceptors (Lipinski definition) is 0. The van der Waals surface area contributed by atoms with Gasteiger partial charge in [0.2, 0.25) is 0 Å². The van der Waals surface area contributed by atoms with Crippen molar-refractivity contribution in [3.63, 3.8) is 0 Å². The zero-order chi connectivity index (χ0) is 37.1. The molecular weight excluding hydrogens is 743 g/mol. The third kappa shape index (κ3) is 10.9. The molecule has 0 fully saturated rings. The Hall–Kier alpha value is -2.22. The van der Waals surface area contributed by atoms with Crippen LogP contribution in [0.2, 0.25) is 13.1 Å². The molecule has 0 saturated carbocycles. The second-order valence-corrected chi connectivity index (χ2v) is 18.9. The van der Waals surface area contributed by atoms with Crippen LogP contribution in [0.5, 0.6) is 0 Å². The summed E-state index contributed by atoms with van der Waals surface area (Å²) >= 11 is -0.826. The van der Waals surface area contributed by atoms with Gasteiger partial charge in [-0.05, 0) is 63.5 Å². The predicted molar refractivity (Wildman–Crippen MR) is 225 cm³/mol. The molecule has 0 nitrogen and oxygen atoms in total. The molecule has 2 radical (unpaired) electrons. The second kappa shape index (κ2) is 20.1. The summed E-state index contributed by atoms with van der Waals surface area (Å²) in [4.78, 5) is 0. The molecule has 0 amide bonds. The molecule has 0 spiro atoms. The maximum atomic E-state index is 4.93. The van der Waals surface area contributed by atoms with Crippen LogP contribution in [-0.2, 0) is 33.7 Å². The standard InChI is InChI=1S/2C22H25.C2H6Si.2ClH.Zr/c2*1-6-17-12-18-7-8-20(14(2)3)22(21(18)13-17)19-10-15(4)9-16(5)11-19;1-3-2;;;/h2*7-14H,6H2,1-5H3;1-2H3;2*1H;/q2*-1;;;;+4/p-2. The van der Waals surface area contributed by atoms with E-state index in [0.717, 1.165) is 22.4 Å². The van der Waals surface area contributed by atoms with E-state index in [1.54, 1.807) is 0 Å². The predicted octanol–water partition coefficient (Wildman–Crippen LogP) is 15.2. The Morgan fingerprint density at radius 2 is 0.860 bits per heavy atom. The molecule has 6 aromatic rings. The van der Waals surface area contributed by atoms with Crippen LogP contribution >= 0.6 is 17.0 Å². The average molecular weight is 799 g/mol. The zero-order valence-electron chi connectivity index (χ0n) is 32.4.